The average Bonchev–Trinajstić information content (AvgIpc) is 3.36. The van der Waals surface area contributed by atoms with Crippen molar-refractivity contribution < 1.29 is 24.2 Å². The minimum atomic E-state index is -0.942. The van der Waals surface area contributed by atoms with Crippen LogP contribution in [-0.2, 0) is 14.3 Å². The minimum Gasteiger partial charge on any atom is -0.507 e. The molecular weight excluding hydrogens is 500 g/mol. The van der Waals surface area contributed by atoms with Gasteiger partial charge in [0, 0.05) is 10.6 Å². The first-order chi connectivity index (χ1) is 17.1. The second-order valence-electron chi connectivity index (χ2n) is 8.63. The van der Waals surface area contributed by atoms with Gasteiger partial charge in [-0.05, 0) is 55.2 Å². The molecule has 1 aliphatic rings. The van der Waals surface area contributed by atoms with E-state index in [9.17, 15) is 19.5 Å². The number of ketones is 1. The molecule has 1 amide bonds. The smallest absolute Gasteiger partial charge is 0.350 e. The molecular formula is C27H25ClN2O5S. The zero-order valence-electron chi connectivity index (χ0n) is 20.2. The summed E-state index contributed by atoms with van der Waals surface area (Å²) in [7, 11) is 0. The molecule has 0 bridgehead atoms. The van der Waals surface area contributed by atoms with Crippen molar-refractivity contribution in [1.29, 1.82) is 0 Å². The fraction of sp³-hybridized carbons (Fsp3) is 0.259. The molecule has 186 valence electrons. The molecule has 1 aliphatic heterocycles. The molecule has 9 heteroatoms. The quantitative estimate of drug-likeness (QED) is 0.183. The van der Waals surface area contributed by atoms with E-state index in [0.29, 0.717) is 21.8 Å². The molecule has 2 aromatic carbocycles. The summed E-state index contributed by atoms with van der Waals surface area (Å²) in [6.07, 6.45) is 0. The van der Waals surface area contributed by atoms with Gasteiger partial charge in [-0.1, -0.05) is 61.1 Å². The molecule has 1 saturated heterocycles. The molecule has 0 saturated carbocycles. The largest absolute Gasteiger partial charge is 0.507 e. The molecule has 0 radical (unpaired) electrons. The van der Waals surface area contributed by atoms with E-state index in [1.807, 2.05) is 24.3 Å². The van der Waals surface area contributed by atoms with E-state index in [1.165, 1.54) is 4.90 Å². The van der Waals surface area contributed by atoms with E-state index in [-0.39, 0.29) is 33.9 Å². The number of benzene rings is 2. The average molecular weight is 525 g/mol. The van der Waals surface area contributed by atoms with Gasteiger partial charge in [0.2, 0.25) is 0 Å². The number of anilines is 1. The highest BCUT2D eigenvalue weighted by Gasteiger charge is 2.48. The van der Waals surface area contributed by atoms with Crippen LogP contribution in [-0.4, -0.2) is 34.4 Å². The molecule has 3 aromatic rings. The predicted octanol–water partition coefficient (Wildman–Crippen LogP) is 6.03. The number of amides is 1. The zero-order valence-corrected chi connectivity index (χ0v) is 21.8. The van der Waals surface area contributed by atoms with Gasteiger partial charge in [0.1, 0.15) is 10.6 Å². The number of aromatic nitrogens is 1. The van der Waals surface area contributed by atoms with Gasteiger partial charge < -0.3 is 9.84 Å². The molecule has 1 atom stereocenters. The molecule has 0 spiro atoms. The number of hydrogen-bond acceptors (Lipinski definition) is 7. The topological polar surface area (TPSA) is 96.8 Å². The van der Waals surface area contributed by atoms with Crippen LogP contribution in [0.25, 0.3) is 5.76 Å². The molecule has 7 nitrogen and oxygen atoms in total. The predicted molar refractivity (Wildman–Crippen MR) is 140 cm³/mol. The van der Waals surface area contributed by atoms with E-state index in [2.05, 4.69) is 18.8 Å². The highest BCUT2D eigenvalue weighted by molar-refractivity contribution is 7.17. The Kier molecular flexibility index (Phi) is 7.28. The Morgan fingerprint density at radius 2 is 1.78 bits per heavy atom. The molecule has 36 heavy (non-hydrogen) atoms. The summed E-state index contributed by atoms with van der Waals surface area (Å²) >= 11 is 6.96. The van der Waals surface area contributed by atoms with Crippen LogP contribution in [0.3, 0.4) is 0 Å². The van der Waals surface area contributed by atoms with Crippen LogP contribution in [0.5, 0.6) is 0 Å². The lowest BCUT2D eigenvalue weighted by Crippen LogP contribution is -2.29. The van der Waals surface area contributed by atoms with Crippen LogP contribution in [0.1, 0.15) is 64.8 Å². The summed E-state index contributed by atoms with van der Waals surface area (Å²) in [5.74, 6) is -2.26. The van der Waals surface area contributed by atoms with Gasteiger partial charge in [-0.3, -0.25) is 14.5 Å². The van der Waals surface area contributed by atoms with Gasteiger partial charge in [0.25, 0.3) is 5.78 Å². The highest BCUT2D eigenvalue weighted by atomic mass is 35.5. The number of aryl methyl sites for hydroxylation is 1. The van der Waals surface area contributed by atoms with E-state index < -0.39 is 23.7 Å². The zero-order chi connectivity index (χ0) is 26.1. The number of thiazole rings is 1. The fourth-order valence-corrected chi connectivity index (χ4v) is 5.16. The molecule has 1 fully saturated rings. The van der Waals surface area contributed by atoms with Crippen LogP contribution in [0.4, 0.5) is 5.13 Å². The number of carbonyl (C=O) groups is 3. The Labute approximate surface area is 218 Å². The third-order valence-electron chi connectivity index (χ3n) is 5.93. The molecule has 1 unspecified atom stereocenters. The maximum atomic E-state index is 13.3. The first-order valence-electron chi connectivity index (χ1n) is 11.4. The maximum Gasteiger partial charge on any atom is 0.350 e. The summed E-state index contributed by atoms with van der Waals surface area (Å²) < 4.78 is 5.11. The number of nitrogens with zero attached hydrogens (tertiary/aromatic N) is 2. The van der Waals surface area contributed by atoms with Gasteiger partial charge in [-0.15, -0.1) is 0 Å². The van der Waals surface area contributed by atoms with Gasteiger partial charge in [-0.2, -0.15) is 0 Å². The number of carbonyl (C=O) groups excluding carboxylic acids is 3. The van der Waals surface area contributed by atoms with Gasteiger partial charge >= 0.3 is 11.9 Å². The number of aliphatic hydroxyl groups excluding tert-OH is 1. The second kappa shape index (κ2) is 10.2. The summed E-state index contributed by atoms with van der Waals surface area (Å²) in [4.78, 5) is 45.0. The second-order valence-corrected chi connectivity index (χ2v) is 10.0. The molecule has 1 aromatic heterocycles. The van der Waals surface area contributed by atoms with Crippen LogP contribution in [0.15, 0.2) is 54.1 Å². The summed E-state index contributed by atoms with van der Waals surface area (Å²) in [6.45, 7) is 7.67. The number of Topliss-reactive ketones (excluding diaryl/α,β-unsaturated/α-hetero) is 1. The fourth-order valence-electron chi connectivity index (χ4n) is 4.04. The number of halogens is 1. The first-order valence-corrected chi connectivity index (χ1v) is 12.6. The van der Waals surface area contributed by atoms with E-state index in [1.54, 1.807) is 38.1 Å². The first kappa shape index (κ1) is 25.6. The van der Waals surface area contributed by atoms with Crippen molar-refractivity contribution in [1.82, 2.24) is 4.98 Å². The summed E-state index contributed by atoms with van der Waals surface area (Å²) in [5.41, 5.74) is 2.39. The lowest BCUT2D eigenvalue weighted by molar-refractivity contribution is -0.132. The van der Waals surface area contributed by atoms with Crippen molar-refractivity contribution in [2.75, 3.05) is 11.5 Å². The van der Waals surface area contributed by atoms with Crippen molar-refractivity contribution in [3.05, 3.63) is 86.4 Å². The van der Waals surface area contributed by atoms with Gasteiger partial charge in [-0.25, -0.2) is 9.78 Å². The van der Waals surface area contributed by atoms with Crippen LogP contribution < -0.4 is 4.90 Å². The SMILES string of the molecule is CCOC(=O)c1sc(N2C(=O)C(=O)/C(=C(/O)c3ccc(Cl)cc3)C2c2ccc(C(C)C)cc2)nc1C. The Balaban J connectivity index is 1.90. The molecule has 1 N–H and O–H groups in total. The van der Waals surface area contributed by atoms with Gasteiger partial charge in [0.15, 0.2) is 5.13 Å². The number of rotatable bonds is 6. The van der Waals surface area contributed by atoms with Crippen LogP contribution >= 0.6 is 22.9 Å². The van der Waals surface area contributed by atoms with E-state index >= 15 is 0 Å². The lowest BCUT2D eigenvalue weighted by Gasteiger charge is -2.23. The van der Waals surface area contributed by atoms with E-state index in [0.717, 1.165) is 16.9 Å². The third kappa shape index (κ3) is 4.66. The molecule has 0 aliphatic carbocycles. The summed E-state index contributed by atoms with van der Waals surface area (Å²) in [5, 5.41) is 11.8. The summed E-state index contributed by atoms with van der Waals surface area (Å²) in [6, 6.07) is 12.9. The molecule has 2 heterocycles. The Hall–Kier alpha value is -3.49. The Morgan fingerprint density at radius 3 is 2.36 bits per heavy atom. The number of aliphatic hydroxyl groups is 1. The number of esters is 1. The monoisotopic (exact) mass is 524 g/mol. The third-order valence-corrected chi connectivity index (χ3v) is 7.32. The van der Waals surface area contributed by atoms with Crippen molar-refractivity contribution in [3.63, 3.8) is 0 Å². The van der Waals surface area contributed by atoms with Crippen molar-refractivity contribution >= 4 is 51.5 Å². The maximum absolute atomic E-state index is 13.3. The van der Waals surface area contributed by atoms with Crippen molar-refractivity contribution in [3.8, 4) is 0 Å². The Bertz CT molecular complexity index is 1360. The highest BCUT2D eigenvalue weighted by Crippen LogP contribution is 2.44. The Morgan fingerprint density at radius 1 is 1.14 bits per heavy atom. The van der Waals surface area contributed by atoms with Gasteiger partial charge in [0.05, 0.1) is 23.9 Å². The van der Waals surface area contributed by atoms with E-state index in [4.69, 9.17) is 16.3 Å². The number of hydrogen-bond donors (Lipinski definition) is 1. The van der Waals surface area contributed by atoms with Crippen molar-refractivity contribution in [2.24, 2.45) is 0 Å². The van der Waals surface area contributed by atoms with Crippen molar-refractivity contribution in [2.45, 2.75) is 39.7 Å². The molecule has 4 rings (SSSR count). The normalized spacial score (nSPS) is 17.2. The number of ether oxygens (including phenoxy) is 1. The van der Waals surface area contributed by atoms with Crippen LogP contribution in [0, 0.1) is 6.92 Å². The van der Waals surface area contributed by atoms with Crippen LogP contribution in [0.2, 0.25) is 5.02 Å². The standard InChI is InChI=1S/C27H25ClN2O5S/c1-5-35-26(34)24-15(4)29-27(36-24)30-21(17-8-6-16(7-9-17)14(2)3)20(23(32)25(30)33)22(31)18-10-12-19(28)13-11-18/h6-14,21,31H,5H2,1-4H3/b22-20+. The minimum absolute atomic E-state index is 0.0647. The lowest BCUT2D eigenvalue weighted by atomic mass is 9.93.